The maximum atomic E-state index is 13.6. The van der Waals surface area contributed by atoms with Gasteiger partial charge in [0.25, 0.3) is 17.7 Å². The van der Waals surface area contributed by atoms with Crippen molar-refractivity contribution in [3.05, 3.63) is 59.9 Å². The minimum atomic E-state index is -0.933. The lowest BCUT2D eigenvalue weighted by Crippen LogP contribution is -2.30. The van der Waals surface area contributed by atoms with E-state index in [1.807, 2.05) is 31.2 Å². The van der Waals surface area contributed by atoms with Gasteiger partial charge < -0.3 is 9.26 Å². The Morgan fingerprint density at radius 2 is 1.92 bits per heavy atom. The molecule has 6 nitrogen and oxygen atoms in total. The molecule has 0 unspecified atom stereocenters. The number of aromatic nitrogens is 2. The van der Waals surface area contributed by atoms with E-state index in [9.17, 15) is 9.18 Å². The van der Waals surface area contributed by atoms with E-state index in [4.69, 9.17) is 9.26 Å². The van der Waals surface area contributed by atoms with E-state index in [0.717, 1.165) is 11.1 Å². The van der Waals surface area contributed by atoms with Crippen LogP contribution in [0.4, 0.5) is 10.3 Å². The first-order valence-corrected chi connectivity index (χ1v) is 7.66. The van der Waals surface area contributed by atoms with E-state index < -0.39 is 17.8 Å². The van der Waals surface area contributed by atoms with Gasteiger partial charge in [-0.05, 0) is 42.8 Å². The van der Waals surface area contributed by atoms with Gasteiger partial charge >= 0.3 is 0 Å². The highest BCUT2D eigenvalue weighted by Gasteiger charge is 2.19. The Bertz CT molecular complexity index is 895. The predicted molar refractivity (Wildman–Crippen MR) is 89.6 cm³/mol. The molecule has 0 aliphatic carbocycles. The van der Waals surface area contributed by atoms with Gasteiger partial charge in [0.15, 0.2) is 17.7 Å². The highest BCUT2D eigenvalue weighted by molar-refractivity contribution is 5.92. The number of carbonyl (C=O) groups excluding carboxylic acids is 1. The molecule has 128 valence electrons. The molecule has 1 amide bonds. The number of halogens is 1. The van der Waals surface area contributed by atoms with Crippen molar-refractivity contribution in [1.29, 1.82) is 0 Å². The first-order valence-electron chi connectivity index (χ1n) is 7.66. The Labute approximate surface area is 143 Å². The number of nitrogens with one attached hydrogen (secondary N) is 1. The minimum absolute atomic E-state index is 0.00105. The van der Waals surface area contributed by atoms with Gasteiger partial charge in [-0.25, -0.2) is 4.39 Å². The van der Waals surface area contributed by atoms with Crippen molar-refractivity contribution in [2.24, 2.45) is 0 Å². The van der Waals surface area contributed by atoms with Crippen LogP contribution in [-0.2, 0) is 4.79 Å². The molecule has 1 N–H and O–H groups in total. The molecule has 0 bridgehead atoms. The van der Waals surface area contributed by atoms with Crippen molar-refractivity contribution >= 4 is 11.9 Å². The molecule has 7 heteroatoms. The fraction of sp³-hybridized carbons (Fsp3) is 0.167. The maximum Gasteiger partial charge on any atom is 0.270 e. The third-order valence-corrected chi connectivity index (χ3v) is 3.55. The largest absolute Gasteiger partial charge is 0.478 e. The summed E-state index contributed by atoms with van der Waals surface area (Å²) in [5.74, 6) is -0.730. The number of aryl methyl sites for hydroxylation is 1. The van der Waals surface area contributed by atoms with Gasteiger partial charge in [0.2, 0.25) is 0 Å². The number of carbonyl (C=O) groups is 1. The summed E-state index contributed by atoms with van der Waals surface area (Å²) in [6.45, 7) is 3.42. The number of benzene rings is 2. The molecule has 3 aromatic rings. The Hall–Kier alpha value is -3.22. The summed E-state index contributed by atoms with van der Waals surface area (Å²) in [5, 5.41) is 6.22. The fourth-order valence-corrected chi connectivity index (χ4v) is 2.19. The average Bonchev–Trinajstić information content (AvgIpc) is 3.05. The lowest BCUT2D eigenvalue weighted by atomic mass is 10.1. The zero-order chi connectivity index (χ0) is 17.8. The Balaban J connectivity index is 1.67. The van der Waals surface area contributed by atoms with Gasteiger partial charge in [0, 0.05) is 5.56 Å². The molecular weight excluding hydrogens is 325 g/mol. The molecule has 25 heavy (non-hydrogen) atoms. The molecule has 1 heterocycles. The maximum absolute atomic E-state index is 13.6. The summed E-state index contributed by atoms with van der Waals surface area (Å²) in [6, 6.07) is 13.4. The molecule has 0 saturated carbocycles. The van der Waals surface area contributed by atoms with Crippen molar-refractivity contribution < 1.29 is 18.4 Å². The van der Waals surface area contributed by atoms with Crippen LogP contribution in [0.1, 0.15) is 12.5 Å². The number of hydrogen-bond donors (Lipinski definition) is 1. The van der Waals surface area contributed by atoms with Crippen molar-refractivity contribution in [3.8, 4) is 17.2 Å². The molecule has 1 aromatic heterocycles. The zero-order valence-electron chi connectivity index (χ0n) is 13.7. The molecule has 2 aromatic carbocycles. The van der Waals surface area contributed by atoms with Gasteiger partial charge in [-0.3, -0.25) is 10.1 Å². The number of hydrogen-bond acceptors (Lipinski definition) is 5. The molecule has 0 spiro atoms. The monoisotopic (exact) mass is 341 g/mol. The van der Waals surface area contributed by atoms with Gasteiger partial charge in [0.1, 0.15) is 0 Å². The van der Waals surface area contributed by atoms with Crippen LogP contribution >= 0.6 is 0 Å². The molecule has 0 fully saturated rings. The second-order valence-electron chi connectivity index (χ2n) is 5.42. The van der Waals surface area contributed by atoms with E-state index in [0.29, 0.717) is 5.89 Å². The van der Waals surface area contributed by atoms with Crippen molar-refractivity contribution in [2.75, 3.05) is 5.32 Å². The number of nitrogens with zero attached hydrogens (tertiary/aromatic N) is 2. The lowest BCUT2D eigenvalue weighted by Gasteiger charge is -2.13. The van der Waals surface area contributed by atoms with Gasteiger partial charge in [-0.15, -0.1) is 0 Å². The van der Waals surface area contributed by atoms with Crippen LogP contribution in [0, 0.1) is 12.7 Å². The lowest BCUT2D eigenvalue weighted by molar-refractivity contribution is -0.122. The molecule has 1 atom stereocenters. The summed E-state index contributed by atoms with van der Waals surface area (Å²) in [6.07, 6.45) is -0.933. The van der Waals surface area contributed by atoms with Crippen molar-refractivity contribution in [1.82, 2.24) is 10.1 Å². The molecule has 3 rings (SSSR count). The van der Waals surface area contributed by atoms with Gasteiger partial charge in [-0.2, -0.15) is 4.98 Å². The Kier molecular flexibility index (Phi) is 4.74. The highest BCUT2D eigenvalue weighted by Crippen LogP contribution is 2.22. The van der Waals surface area contributed by atoms with Crippen LogP contribution in [0.5, 0.6) is 5.75 Å². The number of rotatable bonds is 5. The zero-order valence-corrected chi connectivity index (χ0v) is 13.7. The molecule has 0 radical (unpaired) electrons. The molecule has 0 aliphatic heterocycles. The van der Waals surface area contributed by atoms with E-state index >= 15 is 0 Å². The first kappa shape index (κ1) is 16.6. The number of ether oxygens (including phenoxy) is 1. The topological polar surface area (TPSA) is 77.2 Å². The van der Waals surface area contributed by atoms with Crippen LogP contribution in [-0.4, -0.2) is 22.2 Å². The van der Waals surface area contributed by atoms with E-state index in [-0.39, 0.29) is 11.7 Å². The highest BCUT2D eigenvalue weighted by atomic mass is 19.1. The predicted octanol–water partition coefficient (Wildman–Crippen LogP) is 3.59. The standard InChI is InChI=1S/C18H16FN3O3/c1-11-7-3-4-8-13(11)17-21-18(22-25-17)20-16(23)12(2)24-15-10-6-5-9-14(15)19/h3-10,12H,1-2H3,(H,20,22,23)/t12-/m0/s1. The average molecular weight is 341 g/mol. The van der Waals surface area contributed by atoms with E-state index in [2.05, 4.69) is 15.5 Å². The summed E-state index contributed by atoms with van der Waals surface area (Å²) >= 11 is 0. The summed E-state index contributed by atoms with van der Waals surface area (Å²) in [7, 11) is 0. The van der Waals surface area contributed by atoms with Crippen LogP contribution < -0.4 is 10.1 Å². The third-order valence-electron chi connectivity index (χ3n) is 3.55. The minimum Gasteiger partial charge on any atom is -0.478 e. The summed E-state index contributed by atoms with van der Waals surface area (Å²) < 4.78 is 24.1. The third kappa shape index (κ3) is 3.82. The normalized spacial score (nSPS) is 11.8. The number of anilines is 1. The molecular formula is C18H16FN3O3. The second-order valence-corrected chi connectivity index (χ2v) is 5.42. The summed E-state index contributed by atoms with van der Waals surface area (Å²) in [5.41, 5.74) is 1.76. The Morgan fingerprint density at radius 1 is 1.20 bits per heavy atom. The first-order chi connectivity index (χ1) is 12.0. The second kappa shape index (κ2) is 7.12. The number of amides is 1. The molecule has 0 saturated heterocycles. The van der Waals surface area contributed by atoms with Gasteiger partial charge in [0.05, 0.1) is 0 Å². The number of para-hydroxylation sites is 1. The van der Waals surface area contributed by atoms with E-state index in [1.54, 1.807) is 12.1 Å². The smallest absolute Gasteiger partial charge is 0.270 e. The van der Waals surface area contributed by atoms with Crippen LogP contribution in [0.2, 0.25) is 0 Å². The van der Waals surface area contributed by atoms with Gasteiger partial charge in [-0.1, -0.05) is 30.3 Å². The molecule has 0 aliphatic rings. The van der Waals surface area contributed by atoms with Crippen LogP contribution in [0.25, 0.3) is 11.5 Å². The SMILES string of the molecule is Cc1ccccc1-c1nc(NC(=O)[C@H](C)Oc2ccccc2F)no1. The quantitative estimate of drug-likeness (QED) is 0.767. The van der Waals surface area contributed by atoms with Crippen molar-refractivity contribution in [3.63, 3.8) is 0 Å². The van der Waals surface area contributed by atoms with Crippen LogP contribution in [0.15, 0.2) is 53.1 Å². The van der Waals surface area contributed by atoms with Crippen LogP contribution in [0.3, 0.4) is 0 Å². The van der Waals surface area contributed by atoms with Crippen molar-refractivity contribution in [2.45, 2.75) is 20.0 Å². The Morgan fingerprint density at radius 3 is 2.68 bits per heavy atom. The summed E-state index contributed by atoms with van der Waals surface area (Å²) in [4.78, 5) is 16.3. The van der Waals surface area contributed by atoms with E-state index in [1.165, 1.54) is 19.1 Å². The fourth-order valence-electron chi connectivity index (χ4n) is 2.19.